The molecule has 2 heterocycles. The number of guanidine groups is 1. The Bertz CT molecular complexity index is 514. The van der Waals surface area contributed by atoms with Gasteiger partial charge in [-0.3, -0.25) is 0 Å². The number of piperidine rings is 1. The second-order valence-electron chi connectivity index (χ2n) is 6.52. The fourth-order valence-electron chi connectivity index (χ4n) is 2.99. The highest BCUT2D eigenvalue weighted by molar-refractivity contribution is 14.0. The fraction of sp³-hybridized carbons (Fsp3) is 0.684. The van der Waals surface area contributed by atoms with E-state index >= 15 is 0 Å². The van der Waals surface area contributed by atoms with E-state index in [-0.39, 0.29) is 24.0 Å². The molecule has 0 unspecified atom stereocenters. The van der Waals surface area contributed by atoms with Crippen molar-refractivity contribution in [3.8, 4) is 0 Å². The van der Waals surface area contributed by atoms with Crippen LogP contribution in [0.5, 0.6) is 0 Å². The predicted octanol–water partition coefficient (Wildman–Crippen LogP) is 3.89. The van der Waals surface area contributed by atoms with E-state index in [4.69, 9.17) is 4.99 Å². The van der Waals surface area contributed by atoms with Crippen LogP contribution in [0.3, 0.4) is 0 Å². The van der Waals surface area contributed by atoms with Gasteiger partial charge in [-0.25, -0.2) is 9.98 Å². The molecule has 6 heteroatoms. The van der Waals surface area contributed by atoms with E-state index in [0.717, 1.165) is 38.0 Å². The van der Waals surface area contributed by atoms with Crippen LogP contribution in [0.25, 0.3) is 0 Å². The lowest BCUT2D eigenvalue weighted by Gasteiger charge is -2.27. The van der Waals surface area contributed by atoms with Crippen molar-refractivity contribution in [3.05, 3.63) is 23.9 Å². The summed E-state index contributed by atoms with van der Waals surface area (Å²) in [5.41, 5.74) is 1.23. The molecule has 0 saturated carbocycles. The van der Waals surface area contributed by atoms with Crippen molar-refractivity contribution in [2.45, 2.75) is 52.5 Å². The zero-order valence-electron chi connectivity index (χ0n) is 16.0. The number of pyridine rings is 1. The Morgan fingerprint density at radius 1 is 1.28 bits per heavy atom. The summed E-state index contributed by atoms with van der Waals surface area (Å²) in [6.45, 7) is 9.22. The Labute approximate surface area is 170 Å². The zero-order chi connectivity index (χ0) is 17.2. The van der Waals surface area contributed by atoms with Crippen molar-refractivity contribution in [1.82, 2.24) is 15.2 Å². The Hall–Kier alpha value is -1.05. The van der Waals surface area contributed by atoms with Gasteiger partial charge in [-0.2, -0.15) is 0 Å². The lowest BCUT2D eigenvalue weighted by molar-refractivity contribution is 0.465. The first kappa shape index (κ1) is 22.0. The van der Waals surface area contributed by atoms with Crippen molar-refractivity contribution < 1.29 is 0 Å². The molecule has 0 bridgehead atoms. The summed E-state index contributed by atoms with van der Waals surface area (Å²) < 4.78 is 0. The number of aromatic nitrogens is 1. The van der Waals surface area contributed by atoms with Gasteiger partial charge in [0.15, 0.2) is 5.96 Å². The third-order valence-corrected chi connectivity index (χ3v) is 4.44. The molecule has 5 nitrogen and oxygen atoms in total. The number of nitrogens with zero attached hydrogens (tertiary/aromatic N) is 4. The van der Waals surface area contributed by atoms with Crippen LogP contribution in [-0.2, 0) is 6.54 Å². The van der Waals surface area contributed by atoms with Crippen molar-refractivity contribution in [3.63, 3.8) is 0 Å². The molecule has 0 aromatic carbocycles. The fourth-order valence-corrected chi connectivity index (χ4v) is 2.99. The second-order valence-corrected chi connectivity index (χ2v) is 6.52. The van der Waals surface area contributed by atoms with E-state index in [9.17, 15) is 0 Å². The third-order valence-electron chi connectivity index (χ3n) is 4.44. The smallest absolute Gasteiger partial charge is 0.193 e. The van der Waals surface area contributed by atoms with Gasteiger partial charge in [-0.15, -0.1) is 24.0 Å². The van der Waals surface area contributed by atoms with E-state index in [1.54, 1.807) is 0 Å². The number of hydrogen-bond acceptors (Lipinski definition) is 3. The van der Waals surface area contributed by atoms with E-state index < -0.39 is 0 Å². The first-order valence-corrected chi connectivity index (χ1v) is 9.44. The highest BCUT2D eigenvalue weighted by atomic mass is 127. The van der Waals surface area contributed by atoms with Crippen LogP contribution >= 0.6 is 24.0 Å². The molecule has 0 aliphatic carbocycles. The molecule has 142 valence electrons. The summed E-state index contributed by atoms with van der Waals surface area (Å²) >= 11 is 0. The van der Waals surface area contributed by atoms with Gasteiger partial charge in [0.25, 0.3) is 0 Å². The summed E-state index contributed by atoms with van der Waals surface area (Å²) in [4.78, 5) is 14.0. The van der Waals surface area contributed by atoms with Gasteiger partial charge in [0.1, 0.15) is 5.82 Å². The van der Waals surface area contributed by atoms with E-state index in [1.165, 1.54) is 37.7 Å². The average Bonchev–Trinajstić information content (AvgIpc) is 2.64. The number of rotatable bonds is 7. The Balaban J connectivity index is 0.00000312. The second kappa shape index (κ2) is 12.3. The Morgan fingerprint density at radius 2 is 2.04 bits per heavy atom. The SMILES string of the molecule is CCCCN(C)C(=NCc1ccnc(N2CCCCC2)c1)NCC.I. The number of hydrogen-bond donors (Lipinski definition) is 1. The van der Waals surface area contributed by atoms with E-state index in [1.807, 2.05) is 6.20 Å². The number of halogens is 1. The van der Waals surface area contributed by atoms with Gasteiger partial charge < -0.3 is 15.1 Å². The normalized spacial score (nSPS) is 14.8. The molecule has 0 atom stereocenters. The highest BCUT2D eigenvalue weighted by Gasteiger charge is 2.12. The quantitative estimate of drug-likeness (QED) is 0.382. The summed E-state index contributed by atoms with van der Waals surface area (Å²) in [5.74, 6) is 2.09. The third kappa shape index (κ3) is 7.38. The van der Waals surface area contributed by atoms with Crippen LogP contribution in [-0.4, -0.2) is 49.1 Å². The van der Waals surface area contributed by atoms with Crippen LogP contribution in [0, 0.1) is 0 Å². The molecule has 1 fully saturated rings. The molecule has 1 N–H and O–H groups in total. The molecule has 2 rings (SSSR count). The lowest BCUT2D eigenvalue weighted by atomic mass is 10.1. The maximum atomic E-state index is 4.81. The first-order valence-electron chi connectivity index (χ1n) is 9.44. The maximum absolute atomic E-state index is 4.81. The predicted molar refractivity (Wildman–Crippen MR) is 118 cm³/mol. The van der Waals surface area contributed by atoms with Gasteiger partial charge in [-0.05, 0) is 50.3 Å². The van der Waals surface area contributed by atoms with Crippen LogP contribution in [0.2, 0.25) is 0 Å². The van der Waals surface area contributed by atoms with E-state index in [0.29, 0.717) is 6.54 Å². The Kier molecular flexibility index (Phi) is 10.8. The zero-order valence-corrected chi connectivity index (χ0v) is 18.3. The van der Waals surface area contributed by atoms with Gasteiger partial charge >= 0.3 is 0 Å². The molecular formula is C19H34IN5. The van der Waals surface area contributed by atoms with Crippen molar-refractivity contribution >= 4 is 35.8 Å². The number of aliphatic imine (C=N–C) groups is 1. The highest BCUT2D eigenvalue weighted by Crippen LogP contribution is 2.18. The van der Waals surface area contributed by atoms with Crippen LogP contribution in [0.1, 0.15) is 51.5 Å². The lowest BCUT2D eigenvalue weighted by Crippen LogP contribution is -2.39. The largest absolute Gasteiger partial charge is 0.357 e. The van der Waals surface area contributed by atoms with E-state index in [2.05, 4.69) is 53.1 Å². The average molecular weight is 459 g/mol. The molecule has 25 heavy (non-hydrogen) atoms. The molecule has 1 aromatic heterocycles. The van der Waals surface area contributed by atoms with Gasteiger partial charge in [0.2, 0.25) is 0 Å². The van der Waals surface area contributed by atoms with Crippen molar-refractivity contribution in [1.29, 1.82) is 0 Å². The Morgan fingerprint density at radius 3 is 2.72 bits per heavy atom. The van der Waals surface area contributed by atoms with Crippen LogP contribution in [0.15, 0.2) is 23.3 Å². The topological polar surface area (TPSA) is 43.8 Å². The van der Waals surface area contributed by atoms with Crippen LogP contribution in [0.4, 0.5) is 5.82 Å². The molecular weight excluding hydrogens is 425 g/mol. The summed E-state index contributed by atoms with van der Waals surface area (Å²) in [6.07, 6.45) is 8.20. The molecule has 1 aromatic rings. The molecule has 1 aliphatic rings. The van der Waals surface area contributed by atoms with Gasteiger partial charge in [0.05, 0.1) is 6.54 Å². The monoisotopic (exact) mass is 459 g/mol. The van der Waals surface area contributed by atoms with Gasteiger partial charge in [-0.1, -0.05) is 13.3 Å². The number of unbranched alkanes of at least 4 members (excludes halogenated alkanes) is 1. The summed E-state index contributed by atoms with van der Waals surface area (Å²) in [5, 5.41) is 3.39. The standard InChI is InChI=1S/C19H33N5.HI/c1-4-6-12-23(3)19(20-5-2)22-16-17-10-11-21-18(15-17)24-13-8-7-9-14-24;/h10-11,15H,4-9,12-14,16H2,1-3H3,(H,20,22);1H. The summed E-state index contributed by atoms with van der Waals surface area (Å²) in [7, 11) is 2.11. The molecule has 1 saturated heterocycles. The van der Waals surface area contributed by atoms with Crippen LogP contribution < -0.4 is 10.2 Å². The van der Waals surface area contributed by atoms with Crippen molar-refractivity contribution in [2.75, 3.05) is 38.1 Å². The minimum absolute atomic E-state index is 0. The minimum Gasteiger partial charge on any atom is -0.357 e. The molecule has 0 spiro atoms. The van der Waals surface area contributed by atoms with Crippen molar-refractivity contribution in [2.24, 2.45) is 4.99 Å². The maximum Gasteiger partial charge on any atom is 0.193 e. The minimum atomic E-state index is 0. The van der Waals surface area contributed by atoms with Gasteiger partial charge in [0, 0.05) is 39.4 Å². The summed E-state index contributed by atoms with van der Waals surface area (Å²) in [6, 6.07) is 4.27. The molecule has 1 aliphatic heterocycles. The first-order chi connectivity index (χ1) is 11.7. The number of anilines is 1. The molecule has 0 amide bonds. The number of nitrogens with one attached hydrogen (secondary N) is 1. The molecule has 0 radical (unpaired) electrons.